The summed E-state index contributed by atoms with van der Waals surface area (Å²) in [4.78, 5) is 1.63. The van der Waals surface area contributed by atoms with Gasteiger partial charge in [0.1, 0.15) is 0 Å². The summed E-state index contributed by atoms with van der Waals surface area (Å²) in [5.74, 6) is -1.83. The second-order valence-corrected chi connectivity index (χ2v) is 5.14. The van der Waals surface area contributed by atoms with E-state index in [1.807, 2.05) is 6.92 Å². The topological polar surface area (TPSA) is 110 Å². The van der Waals surface area contributed by atoms with Crippen molar-refractivity contribution in [2.45, 2.75) is 19.8 Å². The Morgan fingerprint density at radius 3 is 2.12 bits per heavy atom. The van der Waals surface area contributed by atoms with Crippen molar-refractivity contribution in [3.05, 3.63) is 0 Å². The monoisotopic (exact) mass is 256 g/mol. The largest absolute Gasteiger partial charge is 0.352 e. The van der Waals surface area contributed by atoms with Crippen LogP contribution in [0, 0.1) is 0 Å². The summed E-state index contributed by atoms with van der Waals surface area (Å²) in [6.07, 6.45) is 0. The van der Waals surface area contributed by atoms with E-state index < -0.39 is 16.0 Å². The molecule has 1 aliphatic heterocycles. The van der Waals surface area contributed by atoms with Crippen molar-refractivity contribution < 1.29 is 23.2 Å². The first-order valence-corrected chi connectivity index (χ1v) is 6.69. The van der Waals surface area contributed by atoms with Gasteiger partial charge in [-0.15, -0.1) is 0 Å². The van der Waals surface area contributed by atoms with Gasteiger partial charge in [-0.2, -0.15) is 8.42 Å². The molecule has 4 N–H and O–H groups in total. The Morgan fingerprint density at radius 2 is 1.88 bits per heavy atom. The van der Waals surface area contributed by atoms with E-state index in [9.17, 15) is 18.6 Å². The smallest absolute Gasteiger partial charge is 0.264 e. The van der Waals surface area contributed by atoms with Gasteiger partial charge in [0.15, 0.2) is 0 Å². The molecule has 0 saturated carbocycles. The number of nitrogens with zero attached hydrogens (tertiary/aromatic N) is 1. The van der Waals surface area contributed by atoms with Crippen LogP contribution in [0.15, 0.2) is 0 Å². The van der Waals surface area contributed by atoms with E-state index in [4.69, 9.17) is 4.55 Å². The van der Waals surface area contributed by atoms with Crippen LogP contribution in [0.2, 0.25) is 0 Å². The molecule has 0 unspecified atom stereocenters. The zero-order chi connectivity index (χ0) is 12.8. The zero-order valence-electron chi connectivity index (χ0n) is 9.55. The normalized spacial score (nSPS) is 21.1. The molecule has 0 aromatic rings. The quantitative estimate of drug-likeness (QED) is 0.349. The van der Waals surface area contributed by atoms with E-state index >= 15 is 0 Å². The Labute approximate surface area is 95.8 Å². The number of piperazine rings is 1. The molecule has 0 atom stereocenters. The molecule has 8 heteroatoms. The van der Waals surface area contributed by atoms with Gasteiger partial charge in [-0.3, -0.25) is 9.45 Å². The number of hydrogen-bond acceptors (Lipinski definition) is 6. The molecule has 0 aromatic heterocycles. The molecule has 98 valence electrons. The van der Waals surface area contributed by atoms with Gasteiger partial charge in [-0.25, -0.2) is 0 Å². The van der Waals surface area contributed by atoms with Gasteiger partial charge in [0, 0.05) is 19.6 Å². The maximum atomic E-state index is 9.56. The third kappa shape index (κ3) is 6.36. The van der Waals surface area contributed by atoms with Gasteiger partial charge < -0.3 is 15.5 Å². The molecule has 0 amide bonds. The fourth-order valence-corrected chi connectivity index (χ4v) is 1.17. The van der Waals surface area contributed by atoms with E-state index in [-0.39, 0.29) is 12.3 Å². The van der Waals surface area contributed by atoms with Gasteiger partial charge in [0.05, 0.1) is 12.3 Å². The van der Waals surface area contributed by atoms with Crippen molar-refractivity contribution in [1.29, 1.82) is 0 Å². The third-order valence-corrected chi connectivity index (χ3v) is 2.90. The maximum Gasteiger partial charge on any atom is 0.264 e. The first-order chi connectivity index (χ1) is 7.23. The van der Waals surface area contributed by atoms with Gasteiger partial charge in [0.25, 0.3) is 10.1 Å². The average molecular weight is 256 g/mol. The van der Waals surface area contributed by atoms with Crippen LogP contribution in [0.25, 0.3) is 0 Å². The van der Waals surface area contributed by atoms with E-state index in [0.717, 1.165) is 6.54 Å². The van der Waals surface area contributed by atoms with Crippen LogP contribution >= 0.6 is 0 Å². The van der Waals surface area contributed by atoms with Crippen molar-refractivity contribution in [3.8, 4) is 0 Å². The molecular formula is C8H20N2O5S. The number of aliphatic hydroxyl groups is 2. The summed E-state index contributed by atoms with van der Waals surface area (Å²) in [7, 11) is -3.66. The Balaban J connectivity index is 0.000000325. The summed E-state index contributed by atoms with van der Waals surface area (Å²) in [5, 5.41) is 21.4. The van der Waals surface area contributed by atoms with Crippen LogP contribution in [-0.2, 0) is 10.1 Å². The lowest BCUT2D eigenvalue weighted by Crippen LogP contribution is -2.61. The van der Waals surface area contributed by atoms with Crippen LogP contribution in [0.1, 0.15) is 13.8 Å². The predicted molar refractivity (Wildman–Crippen MR) is 59.4 cm³/mol. The van der Waals surface area contributed by atoms with Gasteiger partial charge in [-0.05, 0) is 6.92 Å². The minimum atomic E-state index is -3.66. The highest BCUT2D eigenvalue weighted by molar-refractivity contribution is 7.85. The van der Waals surface area contributed by atoms with Crippen LogP contribution in [-0.4, -0.2) is 65.9 Å². The summed E-state index contributed by atoms with van der Waals surface area (Å²) in [5.41, 5.74) is 0. The Kier molecular flexibility index (Phi) is 6.38. The number of β-amino-alcohol motifs (C(OH)–C–C–N with tert-alkyl or cyclic N) is 2. The highest BCUT2D eigenvalue weighted by Gasteiger charge is 2.32. The molecule has 0 radical (unpaired) electrons. The minimum absolute atomic E-state index is 0.201. The van der Waals surface area contributed by atoms with Crippen molar-refractivity contribution >= 4 is 10.1 Å². The molecule has 1 rings (SSSR count). The molecule has 0 spiro atoms. The average Bonchev–Trinajstić information content (AvgIpc) is 2.17. The molecule has 1 heterocycles. The summed E-state index contributed by atoms with van der Waals surface area (Å²) in [6.45, 7) is 5.72. The number of hydrogen-bond donors (Lipinski definition) is 4. The minimum Gasteiger partial charge on any atom is -0.352 e. The Bertz CT molecular complexity index is 291. The molecule has 16 heavy (non-hydrogen) atoms. The van der Waals surface area contributed by atoms with Crippen molar-refractivity contribution in [2.24, 2.45) is 0 Å². The lowest BCUT2D eigenvalue weighted by atomic mass is 10.3. The predicted octanol–water partition coefficient (Wildman–Crippen LogP) is -1.56. The lowest BCUT2D eigenvalue weighted by Gasteiger charge is -2.38. The summed E-state index contributed by atoms with van der Waals surface area (Å²) < 4.78 is 26.9. The first kappa shape index (κ1) is 15.8. The number of rotatable bonds is 2. The van der Waals surface area contributed by atoms with Crippen LogP contribution in [0.4, 0.5) is 0 Å². The molecule has 7 nitrogen and oxygen atoms in total. The molecule has 1 saturated heterocycles. The third-order valence-electron chi connectivity index (χ3n) is 2.17. The van der Waals surface area contributed by atoms with Gasteiger partial charge in [-0.1, -0.05) is 6.92 Å². The molecule has 0 bridgehead atoms. The number of likely N-dealkylation sites (N-methyl/N-ethyl adjacent to an activating group) is 1. The van der Waals surface area contributed by atoms with E-state index in [0.29, 0.717) is 13.1 Å². The highest BCUT2D eigenvalue weighted by Crippen LogP contribution is 2.08. The second-order valence-electron chi connectivity index (χ2n) is 3.40. The molecule has 1 aliphatic rings. The van der Waals surface area contributed by atoms with E-state index in [1.165, 1.54) is 6.92 Å². The first-order valence-electron chi connectivity index (χ1n) is 5.08. The van der Waals surface area contributed by atoms with Crippen molar-refractivity contribution in [2.75, 3.05) is 31.9 Å². The van der Waals surface area contributed by atoms with Crippen LogP contribution in [0.5, 0.6) is 0 Å². The Morgan fingerprint density at radius 1 is 1.38 bits per heavy atom. The van der Waals surface area contributed by atoms with E-state index in [1.54, 1.807) is 4.90 Å². The summed E-state index contributed by atoms with van der Waals surface area (Å²) in [6, 6.07) is 0. The molecular weight excluding hydrogens is 236 g/mol. The molecule has 0 aromatic carbocycles. The molecule has 1 fully saturated rings. The van der Waals surface area contributed by atoms with E-state index in [2.05, 4.69) is 5.32 Å². The SMILES string of the molecule is CCN1CCNCC1(O)O.CCS(=O)(=O)O. The second kappa shape index (κ2) is 6.48. The summed E-state index contributed by atoms with van der Waals surface area (Å²) >= 11 is 0. The lowest BCUT2D eigenvalue weighted by molar-refractivity contribution is -0.267. The Hall–Kier alpha value is -0.250. The van der Waals surface area contributed by atoms with Crippen molar-refractivity contribution in [3.63, 3.8) is 0 Å². The van der Waals surface area contributed by atoms with Crippen molar-refractivity contribution in [1.82, 2.24) is 10.2 Å². The standard InChI is InChI=1S/C6H14N2O2.C2H6O3S/c1-2-8-4-3-7-5-6(8,9)10;1-2-6(3,4)5/h7,9-10H,2-5H2,1H3;2H2,1H3,(H,3,4,5). The fourth-order valence-electron chi connectivity index (χ4n) is 1.17. The maximum absolute atomic E-state index is 9.56. The van der Waals surface area contributed by atoms with Gasteiger partial charge >= 0.3 is 0 Å². The van der Waals surface area contributed by atoms with Gasteiger partial charge in [0.2, 0.25) is 5.91 Å². The number of nitrogens with one attached hydrogen (secondary N) is 1. The zero-order valence-corrected chi connectivity index (χ0v) is 10.4. The fraction of sp³-hybridized carbons (Fsp3) is 1.00. The molecule has 0 aliphatic carbocycles. The van der Waals surface area contributed by atoms with Crippen LogP contribution in [0.3, 0.4) is 0 Å². The van der Waals surface area contributed by atoms with Crippen LogP contribution < -0.4 is 5.32 Å². The highest BCUT2D eigenvalue weighted by atomic mass is 32.2.